The second kappa shape index (κ2) is 10.8. The number of esters is 1. The van der Waals surface area contributed by atoms with Crippen molar-refractivity contribution >= 4 is 28.6 Å². The van der Waals surface area contributed by atoms with E-state index in [1.807, 2.05) is 63.6 Å². The van der Waals surface area contributed by atoms with Gasteiger partial charge in [0.05, 0.1) is 29.8 Å². The van der Waals surface area contributed by atoms with Crippen molar-refractivity contribution < 1.29 is 23.8 Å². The van der Waals surface area contributed by atoms with Crippen molar-refractivity contribution in [3.8, 4) is 11.3 Å². The molecule has 0 fully saturated rings. The van der Waals surface area contributed by atoms with Crippen LogP contribution < -0.4 is 0 Å². The molecule has 0 saturated carbocycles. The average molecular weight is 498 g/mol. The zero-order chi connectivity index (χ0) is 25.8. The van der Waals surface area contributed by atoms with Crippen LogP contribution in [0.3, 0.4) is 0 Å². The molecule has 8 nitrogen and oxygen atoms in total. The van der Waals surface area contributed by atoms with Crippen LogP contribution in [-0.4, -0.2) is 59.7 Å². The summed E-state index contributed by atoms with van der Waals surface area (Å²) in [5, 5.41) is 0. The highest BCUT2D eigenvalue weighted by Gasteiger charge is 2.27. The van der Waals surface area contributed by atoms with Crippen molar-refractivity contribution in [1.29, 1.82) is 0 Å². The van der Waals surface area contributed by atoms with Crippen LogP contribution in [0.5, 0.6) is 0 Å². The number of rotatable bonds is 10. The first-order chi connectivity index (χ1) is 18.1. The number of nitrogens with zero attached hydrogens (tertiary/aromatic N) is 3. The number of hydrogen-bond donors (Lipinski definition) is 0. The molecule has 0 N–H and O–H groups in total. The molecule has 2 aromatic heterocycles. The molecule has 0 aliphatic carbocycles. The Morgan fingerprint density at radius 2 is 1.49 bits per heavy atom. The van der Waals surface area contributed by atoms with E-state index in [1.165, 1.54) is 0 Å². The van der Waals surface area contributed by atoms with Gasteiger partial charge in [0.25, 0.3) is 0 Å². The summed E-state index contributed by atoms with van der Waals surface area (Å²) in [6.07, 6.45) is 0. The third-order valence-electron chi connectivity index (χ3n) is 6.18. The molecule has 8 heteroatoms. The number of benzene rings is 3. The van der Waals surface area contributed by atoms with Gasteiger partial charge in [-0.3, -0.25) is 9.20 Å². The van der Waals surface area contributed by atoms with Gasteiger partial charge in [-0.2, -0.15) is 0 Å². The van der Waals surface area contributed by atoms with Gasteiger partial charge in [0.2, 0.25) is 11.6 Å². The van der Waals surface area contributed by atoms with Crippen LogP contribution >= 0.6 is 0 Å². The third kappa shape index (κ3) is 4.64. The van der Waals surface area contributed by atoms with Gasteiger partial charge in [-0.15, -0.1) is 0 Å². The molecule has 0 radical (unpaired) electrons. The maximum atomic E-state index is 14.0. The van der Waals surface area contributed by atoms with Gasteiger partial charge in [-0.05, 0) is 18.2 Å². The predicted octanol–water partition coefficient (Wildman–Crippen LogP) is 4.64. The van der Waals surface area contributed by atoms with Crippen LogP contribution in [-0.2, 0) is 20.8 Å². The lowest BCUT2D eigenvalue weighted by molar-refractivity contribution is 0.0388. The lowest BCUT2D eigenvalue weighted by Gasteiger charge is -2.08. The first-order valence-electron chi connectivity index (χ1n) is 12.0. The summed E-state index contributed by atoms with van der Waals surface area (Å²) in [6.45, 7) is 1.43. The zero-order valence-corrected chi connectivity index (χ0v) is 20.7. The minimum absolute atomic E-state index is 0.151. The molecule has 0 amide bonds. The summed E-state index contributed by atoms with van der Waals surface area (Å²) >= 11 is 0. The minimum atomic E-state index is -0.462. The van der Waals surface area contributed by atoms with E-state index < -0.39 is 5.97 Å². The van der Waals surface area contributed by atoms with Crippen molar-refractivity contribution in [3.63, 3.8) is 0 Å². The number of carbonyl (C=O) groups excluding carboxylic acids is 2. The molecule has 5 rings (SSSR count). The molecule has 0 spiro atoms. The Labute approximate surface area is 214 Å². The first-order valence-corrected chi connectivity index (χ1v) is 12.0. The Morgan fingerprint density at radius 3 is 2.19 bits per heavy atom. The third-order valence-corrected chi connectivity index (χ3v) is 6.18. The van der Waals surface area contributed by atoms with E-state index in [2.05, 4.69) is 0 Å². The van der Waals surface area contributed by atoms with Crippen LogP contribution in [0.15, 0.2) is 78.9 Å². The summed E-state index contributed by atoms with van der Waals surface area (Å²) in [5.74, 6) is -0.0306. The van der Waals surface area contributed by atoms with Crippen LogP contribution in [0.25, 0.3) is 28.1 Å². The molecule has 0 unspecified atom stereocenters. The Bertz CT molecular complexity index is 1550. The summed E-state index contributed by atoms with van der Waals surface area (Å²) in [6, 6.07) is 24.1. The molecule has 37 heavy (non-hydrogen) atoms. The van der Waals surface area contributed by atoms with Crippen molar-refractivity contribution in [2.24, 2.45) is 0 Å². The van der Waals surface area contributed by atoms with Crippen LogP contribution in [0.2, 0.25) is 0 Å². The average Bonchev–Trinajstić information content (AvgIpc) is 3.47. The molecular weight excluding hydrogens is 470 g/mol. The van der Waals surface area contributed by atoms with Crippen LogP contribution in [0.1, 0.15) is 26.4 Å². The number of aromatic nitrogens is 3. The molecule has 0 atom stereocenters. The second-order valence-electron chi connectivity index (χ2n) is 8.48. The predicted molar refractivity (Wildman–Crippen MR) is 140 cm³/mol. The van der Waals surface area contributed by atoms with E-state index >= 15 is 0 Å². The molecule has 0 bridgehead atoms. The smallest absolute Gasteiger partial charge is 0.338 e. The molecule has 2 heterocycles. The normalized spacial score (nSPS) is 11.3. The Kier molecular flexibility index (Phi) is 7.11. The molecule has 3 aromatic carbocycles. The van der Waals surface area contributed by atoms with Gasteiger partial charge in [-0.25, -0.2) is 9.78 Å². The van der Waals surface area contributed by atoms with Gasteiger partial charge in [0.15, 0.2) is 0 Å². The zero-order valence-electron chi connectivity index (χ0n) is 20.7. The van der Waals surface area contributed by atoms with Gasteiger partial charge in [-0.1, -0.05) is 60.7 Å². The van der Waals surface area contributed by atoms with Gasteiger partial charge in [0, 0.05) is 31.9 Å². The Morgan fingerprint density at radius 1 is 0.784 bits per heavy atom. The quantitative estimate of drug-likeness (QED) is 0.159. The van der Waals surface area contributed by atoms with E-state index in [4.69, 9.17) is 19.2 Å². The standard InChI is InChI=1S/C29H27N3O5/c1-35-16-15-31-23-14-13-22(28(34)37-18-17-36-2)19-24(23)32-26(27(33)21-11-7-4-8-12-21)25(30-29(31)32)20-9-5-3-6-10-20/h3-14,19H,15-18H2,1-2H3. The summed E-state index contributed by atoms with van der Waals surface area (Å²) in [4.78, 5) is 31.7. The lowest BCUT2D eigenvalue weighted by atomic mass is 10.0. The van der Waals surface area contributed by atoms with Crippen molar-refractivity contribution in [1.82, 2.24) is 14.0 Å². The SMILES string of the molecule is COCCOC(=O)c1ccc2c(c1)n1c(C(=O)c3ccccc3)c(-c3ccccc3)nc1n2CCOC. The number of methoxy groups -OCH3 is 2. The number of imidazole rings is 2. The summed E-state index contributed by atoms with van der Waals surface area (Å²) in [7, 11) is 3.19. The number of fused-ring (bicyclic) bond motifs is 3. The van der Waals surface area contributed by atoms with E-state index in [9.17, 15) is 9.59 Å². The van der Waals surface area contributed by atoms with Crippen LogP contribution in [0.4, 0.5) is 0 Å². The molecular formula is C29H27N3O5. The van der Waals surface area contributed by atoms with E-state index in [1.54, 1.807) is 38.5 Å². The molecule has 5 aromatic rings. The first kappa shape index (κ1) is 24.4. The number of ether oxygens (including phenoxy) is 3. The fourth-order valence-corrected chi connectivity index (χ4v) is 4.42. The Balaban J connectivity index is 1.78. The van der Waals surface area contributed by atoms with Crippen molar-refractivity contribution in [2.45, 2.75) is 6.54 Å². The van der Waals surface area contributed by atoms with Gasteiger partial charge >= 0.3 is 5.97 Å². The maximum Gasteiger partial charge on any atom is 0.338 e. The van der Waals surface area contributed by atoms with Crippen molar-refractivity contribution in [3.05, 3.63) is 95.7 Å². The number of ketones is 1. The molecule has 0 aliphatic rings. The Hall–Kier alpha value is -4.27. The van der Waals surface area contributed by atoms with Crippen molar-refractivity contribution in [2.75, 3.05) is 34.0 Å². The monoisotopic (exact) mass is 497 g/mol. The fraction of sp³-hybridized carbons (Fsp3) is 0.207. The molecule has 0 aliphatic heterocycles. The van der Waals surface area contributed by atoms with E-state index in [0.717, 1.165) is 11.1 Å². The topological polar surface area (TPSA) is 84.1 Å². The van der Waals surface area contributed by atoms with Gasteiger partial charge in [0.1, 0.15) is 18.0 Å². The molecule has 188 valence electrons. The van der Waals surface area contributed by atoms with Gasteiger partial charge < -0.3 is 18.8 Å². The minimum Gasteiger partial charge on any atom is -0.460 e. The lowest BCUT2D eigenvalue weighted by Crippen LogP contribution is -2.10. The maximum absolute atomic E-state index is 14.0. The highest BCUT2D eigenvalue weighted by atomic mass is 16.6. The largest absolute Gasteiger partial charge is 0.460 e. The highest BCUT2D eigenvalue weighted by Crippen LogP contribution is 2.32. The van der Waals surface area contributed by atoms with Crippen LogP contribution in [0, 0.1) is 0 Å². The fourth-order valence-electron chi connectivity index (χ4n) is 4.42. The van der Waals surface area contributed by atoms with E-state index in [0.29, 0.717) is 53.6 Å². The van der Waals surface area contributed by atoms with E-state index in [-0.39, 0.29) is 12.4 Å². The second-order valence-corrected chi connectivity index (χ2v) is 8.48. The summed E-state index contributed by atoms with van der Waals surface area (Å²) < 4.78 is 19.5. The molecule has 0 saturated heterocycles. The number of hydrogen-bond acceptors (Lipinski definition) is 6. The number of carbonyl (C=O) groups is 2. The summed E-state index contributed by atoms with van der Waals surface area (Å²) in [5.41, 5.74) is 4.27. The highest BCUT2D eigenvalue weighted by molar-refractivity contribution is 6.13.